The summed E-state index contributed by atoms with van der Waals surface area (Å²) >= 11 is 3.31. The van der Waals surface area contributed by atoms with Crippen LogP contribution in [-0.4, -0.2) is 23.1 Å². The lowest BCUT2D eigenvalue weighted by molar-refractivity contribution is -0.144. The Morgan fingerprint density at radius 3 is 2.35 bits per heavy atom. The van der Waals surface area contributed by atoms with Crippen LogP contribution in [0.2, 0.25) is 0 Å². The number of hydrogen-bond donors (Lipinski definition) is 2. The highest BCUT2D eigenvalue weighted by atomic mass is 79.9. The zero-order valence-corrected chi connectivity index (χ0v) is 15.4. The molecule has 2 N–H and O–H groups in total. The fourth-order valence-electron chi connectivity index (χ4n) is 1.94. The van der Waals surface area contributed by atoms with Crippen molar-refractivity contribution >= 4 is 39.6 Å². The number of ether oxygens (including phenoxy) is 1. The molecule has 0 aliphatic heterocycles. The maximum atomic E-state index is 12.2. The maximum Gasteiger partial charge on any atom is 0.344 e. The van der Waals surface area contributed by atoms with E-state index in [0.29, 0.717) is 17.0 Å². The number of carbonyl (C=O) groups excluding carboxylic acids is 1. The summed E-state index contributed by atoms with van der Waals surface area (Å²) in [7, 11) is 0. The maximum absolute atomic E-state index is 12.2. The average molecular weight is 415 g/mol. The third kappa shape index (κ3) is 5.46. The predicted octanol–water partition coefficient (Wildman–Crippen LogP) is 3.85. The monoisotopic (exact) mass is 414 g/mol. The summed E-state index contributed by atoms with van der Waals surface area (Å²) in [4.78, 5) is 23.0. The second-order valence-electron chi connectivity index (χ2n) is 5.30. The van der Waals surface area contributed by atoms with E-state index in [1.807, 2.05) is 6.07 Å². The molecule has 1 atom stereocenters. The summed E-state index contributed by atoms with van der Waals surface area (Å²) in [6.45, 7) is 1.43. The molecule has 26 heavy (non-hydrogen) atoms. The molecule has 0 heterocycles. The van der Waals surface area contributed by atoms with Gasteiger partial charge in [-0.15, -0.1) is 0 Å². The molecule has 0 saturated heterocycles. The van der Waals surface area contributed by atoms with E-state index in [9.17, 15) is 14.9 Å². The molecule has 0 bridgehead atoms. The molecule has 0 fully saturated rings. The second kappa shape index (κ2) is 8.83. The van der Waals surface area contributed by atoms with Gasteiger partial charge in [0.05, 0.1) is 0 Å². The summed E-state index contributed by atoms with van der Waals surface area (Å²) in [5.74, 6) is -1.20. The first-order valence-electron chi connectivity index (χ1n) is 7.57. The van der Waals surface area contributed by atoms with Crippen LogP contribution in [0.1, 0.15) is 12.5 Å². The van der Waals surface area contributed by atoms with E-state index in [0.717, 1.165) is 4.47 Å². The molecule has 0 aromatic heterocycles. The van der Waals surface area contributed by atoms with Gasteiger partial charge in [0.1, 0.15) is 17.4 Å². The van der Waals surface area contributed by atoms with Crippen molar-refractivity contribution in [2.45, 2.75) is 13.0 Å². The smallest absolute Gasteiger partial charge is 0.344 e. The van der Waals surface area contributed by atoms with Gasteiger partial charge in [0, 0.05) is 10.2 Å². The third-order valence-electron chi connectivity index (χ3n) is 3.32. The Hall–Kier alpha value is -3.11. The molecule has 0 aliphatic carbocycles. The van der Waals surface area contributed by atoms with Crippen LogP contribution in [-0.2, 0) is 9.59 Å². The van der Waals surface area contributed by atoms with Crippen molar-refractivity contribution in [1.82, 2.24) is 0 Å². The van der Waals surface area contributed by atoms with Gasteiger partial charge in [-0.25, -0.2) is 4.79 Å². The van der Waals surface area contributed by atoms with Gasteiger partial charge >= 0.3 is 5.97 Å². The van der Waals surface area contributed by atoms with Crippen molar-refractivity contribution < 1.29 is 19.4 Å². The number of aliphatic carboxylic acids is 1. The molecule has 7 heteroatoms. The lowest BCUT2D eigenvalue weighted by atomic mass is 10.1. The van der Waals surface area contributed by atoms with Crippen molar-refractivity contribution in [2.24, 2.45) is 0 Å². The highest BCUT2D eigenvalue weighted by molar-refractivity contribution is 9.10. The Morgan fingerprint density at radius 2 is 1.81 bits per heavy atom. The molecule has 0 radical (unpaired) electrons. The van der Waals surface area contributed by atoms with Crippen LogP contribution in [0, 0.1) is 11.3 Å². The summed E-state index contributed by atoms with van der Waals surface area (Å²) in [6.07, 6.45) is 0.473. The minimum Gasteiger partial charge on any atom is -0.479 e. The highest BCUT2D eigenvalue weighted by Crippen LogP contribution is 2.18. The number of carboxylic acids is 1. The Morgan fingerprint density at radius 1 is 1.19 bits per heavy atom. The van der Waals surface area contributed by atoms with Gasteiger partial charge < -0.3 is 15.2 Å². The van der Waals surface area contributed by atoms with Crippen molar-refractivity contribution in [3.8, 4) is 11.8 Å². The molecule has 2 rings (SSSR count). The molecule has 132 valence electrons. The number of anilines is 1. The van der Waals surface area contributed by atoms with E-state index in [4.69, 9.17) is 9.84 Å². The molecule has 2 aromatic rings. The van der Waals surface area contributed by atoms with E-state index >= 15 is 0 Å². The van der Waals surface area contributed by atoms with Gasteiger partial charge in [0.25, 0.3) is 5.91 Å². The van der Waals surface area contributed by atoms with Crippen LogP contribution in [0.5, 0.6) is 5.75 Å². The topological polar surface area (TPSA) is 99.4 Å². The number of benzene rings is 2. The summed E-state index contributed by atoms with van der Waals surface area (Å²) in [5.41, 5.74) is 1.13. The van der Waals surface area contributed by atoms with E-state index in [1.165, 1.54) is 13.0 Å². The second-order valence-corrected chi connectivity index (χ2v) is 6.21. The Labute approximate surface area is 158 Å². The minimum atomic E-state index is -1.06. The van der Waals surface area contributed by atoms with Gasteiger partial charge in [-0.3, -0.25) is 4.79 Å². The first-order valence-corrected chi connectivity index (χ1v) is 8.36. The van der Waals surface area contributed by atoms with Gasteiger partial charge in [-0.05, 0) is 55.0 Å². The van der Waals surface area contributed by atoms with Crippen molar-refractivity contribution in [3.63, 3.8) is 0 Å². The zero-order chi connectivity index (χ0) is 19.1. The minimum absolute atomic E-state index is 0.0551. The van der Waals surface area contributed by atoms with Crippen LogP contribution in [0.4, 0.5) is 5.69 Å². The third-order valence-corrected chi connectivity index (χ3v) is 3.85. The van der Waals surface area contributed by atoms with E-state index in [1.54, 1.807) is 48.5 Å². The number of amides is 1. The zero-order valence-electron chi connectivity index (χ0n) is 13.8. The molecular formula is C19H15BrN2O4. The molecular weight excluding hydrogens is 400 g/mol. The molecule has 6 nitrogen and oxygen atoms in total. The largest absolute Gasteiger partial charge is 0.479 e. The van der Waals surface area contributed by atoms with Crippen LogP contribution in [0.25, 0.3) is 6.08 Å². The highest BCUT2D eigenvalue weighted by Gasteiger charge is 2.12. The molecule has 2 aromatic carbocycles. The van der Waals surface area contributed by atoms with Gasteiger partial charge in [0.15, 0.2) is 6.10 Å². The number of rotatable bonds is 6. The number of carbonyl (C=O) groups is 2. The normalized spacial score (nSPS) is 12.0. The Kier molecular flexibility index (Phi) is 6.53. The number of nitrogens with one attached hydrogen (secondary N) is 1. The number of nitrogens with zero attached hydrogens (tertiary/aromatic N) is 1. The average Bonchev–Trinajstić information content (AvgIpc) is 2.62. The van der Waals surface area contributed by atoms with Crippen molar-refractivity contribution in [2.75, 3.05) is 5.32 Å². The Bertz CT molecular complexity index is 868. The van der Waals surface area contributed by atoms with E-state index in [2.05, 4.69) is 21.2 Å². The first-order chi connectivity index (χ1) is 12.4. The summed E-state index contributed by atoms with van der Waals surface area (Å²) < 4.78 is 6.11. The SMILES string of the molecule is C[C@H](Oc1ccc(/C=C(/C#N)C(=O)Nc2ccc(Br)cc2)cc1)C(=O)O. The molecule has 1 amide bonds. The standard InChI is InChI=1S/C19H15BrN2O4/c1-12(19(24)25)26-17-8-2-13(3-9-17)10-14(11-21)18(23)22-16-6-4-15(20)5-7-16/h2-10,12H,1H3,(H,22,23)(H,24,25)/b14-10-/t12-/m0/s1. The van der Waals surface area contributed by atoms with Gasteiger partial charge in [0.2, 0.25) is 0 Å². The first kappa shape index (κ1) is 19.2. The van der Waals surface area contributed by atoms with Crippen LogP contribution in [0.3, 0.4) is 0 Å². The predicted molar refractivity (Wildman–Crippen MR) is 101 cm³/mol. The number of nitriles is 1. The van der Waals surface area contributed by atoms with Gasteiger partial charge in [-0.2, -0.15) is 5.26 Å². The van der Waals surface area contributed by atoms with Gasteiger partial charge in [-0.1, -0.05) is 28.1 Å². The van der Waals surface area contributed by atoms with Crippen LogP contribution < -0.4 is 10.1 Å². The molecule has 0 unspecified atom stereocenters. The van der Waals surface area contributed by atoms with Crippen LogP contribution in [0.15, 0.2) is 58.6 Å². The quantitative estimate of drug-likeness (QED) is 0.552. The van der Waals surface area contributed by atoms with E-state index in [-0.39, 0.29) is 5.57 Å². The molecule has 0 aliphatic rings. The lowest BCUT2D eigenvalue weighted by Gasteiger charge is -2.10. The van der Waals surface area contributed by atoms with Crippen LogP contribution >= 0.6 is 15.9 Å². The van der Waals surface area contributed by atoms with E-state index < -0.39 is 18.0 Å². The summed E-state index contributed by atoms with van der Waals surface area (Å²) in [6, 6.07) is 15.3. The molecule has 0 saturated carbocycles. The fourth-order valence-corrected chi connectivity index (χ4v) is 2.21. The summed E-state index contributed by atoms with van der Waals surface area (Å²) in [5, 5.41) is 20.7. The van der Waals surface area contributed by atoms with Crippen molar-refractivity contribution in [3.05, 3.63) is 64.1 Å². The molecule has 0 spiro atoms. The fraction of sp³-hybridized carbons (Fsp3) is 0.105. The lowest BCUT2D eigenvalue weighted by Crippen LogP contribution is -2.22. The Balaban J connectivity index is 2.10. The number of hydrogen-bond acceptors (Lipinski definition) is 4. The number of carboxylic acid groups (broad SMARTS) is 1. The number of halogens is 1. The van der Waals surface area contributed by atoms with Crippen molar-refractivity contribution in [1.29, 1.82) is 5.26 Å².